The van der Waals surface area contributed by atoms with Crippen LogP contribution in [0.1, 0.15) is 55.6 Å². The Balaban J connectivity index is 1.26. The summed E-state index contributed by atoms with van der Waals surface area (Å²) in [7, 11) is 0. The molecule has 63 heavy (non-hydrogen) atoms. The molecule has 7 aromatic rings. The first-order valence-corrected chi connectivity index (χ1v) is 22.6. The molecule has 0 saturated carbocycles. The first kappa shape index (κ1) is 44.1. The zero-order chi connectivity index (χ0) is 43.3. The summed E-state index contributed by atoms with van der Waals surface area (Å²) in [6, 6.07) is 63.5. The third-order valence-corrected chi connectivity index (χ3v) is 13.0. The van der Waals surface area contributed by atoms with Crippen LogP contribution in [0.4, 0.5) is 0 Å². The molecule has 0 aromatic heterocycles. The Morgan fingerprint density at radius 3 is 1.48 bits per heavy atom. The molecule has 1 heterocycles. The van der Waals surface area contributed by atoms with Crippen LogP contribution in [0.5, 0.6) is 5.75 Å². The highest BCUT2D eigenvalue weighted by atomic mass is 32.2. The van der Waals surface area contributed by atoms with Crippen molar-refractivity contribution in [2.24, 2.45) is 0 Å². The second-order valence-corrected chi connectivity index (χ2v) is 17.8. The van der Waals surface area contributed by atoms with Gasteiger partial charge >= 0.3 is 0 Å². The normalized spacial score (nSPS) is 19.7. The lowest BCUT2D eigenvalue weighted by molar-refractivity contribution is -0.199. The van der Waals surface area contributed by atoms with Crippen molar-refractivity contribution in [3.8, 4) is 5.75 Å². The first-order chi connectivity index (χ1) is 30.9. The van der Waals surface area contributed by atoms with Crippen LogP contribution in [0, 0.1) is 13.8 Å². The molecule has 1 aliphatic rings. The summed E-state index contributed by atoms with van der Waals surface area (Å²) in [5.41, 5.74) is 10.3. The molecular formula is C56H56O6S. The average Bonchev–Trinajstić information content (AvgIpc) is 3.32. The molecule has 6 nitrogen and oxygen atoms in total. The lowest BCUT2D eigenvalue weighted by Gasteiger charge is -2.50. The smallest absolute Gasteiger partial charge is 0.168 e. The first-order valence-electron chi connectivity index (χ1n) is 21.8. The van der Waals surface area contributed by atoms with Crippen molar-refractivity contribution in [1.29, 1.82) is 0 Å². The van der Waals surface area contributed by atoms with Crippen molar-refractivity contribution in [3.05, 3.63) is 244 Å². The molecule has 1 saturated heterocycles. The van der Waals surface area contributed by atoms with Gasteiger partial charge in [-0.15, -0.1) is 11.8 Å². The molecule has 8 rings (SSSR count). The number of hydrogen-bond donors (Lipinski definition) is 1. The Kier molecular flexibility index (Phi) is 15.2. The maximum absolute atomic E-state index is 14.0. The van der Waals surface area contributed by atoms with Crippen molar-refractivity contribution >= 4 is 11.8 Å². The van der Waals surface area contributed by atoms with Gasteiger partial charge in [0, 0.05) is 5.56 Å². The van der Waals surface area contributed by atoms with E-state index in [9.17, 15) is 5.11 Å². The third kappa shape index (κ3) is 11.7. The van der Waals surface area contributed by atoms with E-state index in [0.717, 1.165) is 38.9 Å². The maximum atomic E-state index is 14.0. The number of benzene rings is 7. The standard InChI is InChI=1S/C56H56O6S/c1-41-28-30-43(31-29-41)33-49-34-50(51(32-42(49)2)59-36-45-20-10-4-11-21-45)56(57)55(62-39-48-26-16-7-17-27-48)54(61-38-47-24-14-6-15-25-47)53(60-37-46-22-12-5-13-23-46)52(63-56)40-58-35-44-18-8-3-9-19-44/h3-32,34,52-55,57H,33,35-40H2,1-2H3/t52-,53-,54+,55-,56?/m1/s1. The molecule has 0 bridgehead atoms. The largest absolute Gasteiger partial charge is 0.488 e. The summed E-state index contributed by atoms with van der Waals surface area (Å²) in [6.45, 7) is 6.08. The van der Waals surface area contributed by atoms with Crippen molar-refractivity contribution in [2.45, 2.75) is 81.8 Å². The van der Waals surface area contributed by atoms with Gasteiger partial charge in [0.1, 0.15) is 30.7 Å². The Hall–Kier alpha value is -5.51. The zero-order valence-electron chi connectivity index (χ0n) is 36.1. The number of hydrogen-bond acceptors (Lipinski definition) is 7. The van der Waals surface area contributed by atoms with Crippen LogP contribution in [0.25, 0.3) is 0 Å². The number of ether oxygens (including phenoxy) is 5. The molecule has 0 amide bonds. The minimum absolute atomic E-state index is 0.239. The molecule has 7 heteroatoms. The number of aliphatic hydroxyl groups is 1. The molecule has 1 unspecified atom stereocenters. The third-order valence-electron chi connectivity index (χ3n) is 11.5. The predicted octanol–water partition coefficient (Wildman–Crippen LogP) is 11.7. The SMILES string of the molecule is Cc1ccc(Cc2cc(C3(O)S[C@H](COCc4ccccc4)[C@@H](OCc4ccccc4)[C@H](OCc4ccccc4)[C@H]3OCc3ccccc3)c(OCc3ccccc3)cc2C)cc1. The summed E-state index contributed by atoms with van der Waals surface area (Å²) in [5, 5.41) is 13.6. The summed E-state index contributed by atoms with van der Waals surface area (Å²) < 4.78 is 34.6. The van der Waals surface area contributed by atoms with Gasteiger partial charge in [-0.05, 0) is 76.9 Å². The molecular weight excluding hydrogens is 801 g/mol. The maximum Gasteiger partial charge on any atom is 0.168 e. The van der Waals surface area contributed by atoms with Crippen LogP contribution in [-0.2, 0) is 63.3 Å². The average molecular weight is 857 g/mol. The predicted molar refractivity (Wildman–Crippen MR) is 252 cm³/mol. The lowest BCUT2D eigenvalue weighted by atomic mass is 9.89. The molecule has 0 radical (unpaired) electrons. The highest BCUT2D eigenvalue weighted by molar-refractivity contribution is 8.00. The summed E-state index contributed by atoms with van der Waals surface area (Å²) in [6.07, 6.45) is -1.55. The molecule has 322 valence electrons. The molecule has 0 aliphatic carbocycles. The Morgan fingerprint density at radius 2 is 0.952 bits per heavy atom. The summed E-state index contributed by atoms with van der Waals surface area (Å²) in [5.74, 6) is 0.585. The quantitative estimate of drug-likeness (QED) is 0.0869. The van der Waals surface area contributed by atoms with E-state index in [1.54, 1.807) is 0 Å². The van der Waals surface area contributed by atoms with E-state index >= 15 is 0 Å². The summed E-state index contributed by atoms with van der Waals surface area (Å²) in [4.78, 5) is -1.70. The minimum Gasteiger partial charge on any atom is -0.488 e. The topological polar surface area (TPSA) is 66.4 Å². The van der Waals surface area contributed by atoms with Crippen molar-refractivity contribution in [1.82, 2.24) is 0 Å². The van der Waals surface area contributed by atoms with Gasteiger partial charge in [-0.2, -0.15) is 0 Å². The number of thioether (sulfide) groups is 1. The molecule has 5 atom stereocenters. The van der Waals surface area contributed by atoms with E-state index in [0.29, 0.717) is 37.6 Å². The van der Waals surface area contributed by atoms with Gasteiger partial charge in [-0.25, -0.2) is 0 Å². The van der Waals surface area contributed by atoms with Crippen LogP contribution in [0.3, 0.4) is 0 Å². The van der Waals surface area contributed by atoms with Gasteiger partial charge < -0.3 is 28.8 Å². The van der Waals surface area contributed by atoms with Crippen LogP contribution in [0.2, 0.25) is 0 Å². The highest BCUT2D eigenvalue weighted by Gasteiger charge is 2.57. The second-order valence-electron chi connectivity index (χ2n) is 16.3. The highest BCUT2D eigenvalue weighted by Crippen LogP contribution is 2.53. The molecule has 0 spiro atoms. The number of aryl methyl sites for hydroxylation is 2. The van der Waals surface area contributed by atoms with Crippen molar-refractivity contribution < 1.29 is 28.8 Å². The van der Waals surface area contributed by atoms with E-state index in [1.165, 1.54) is 22.9 Å². The zero-order valence-corrected chi connectivity index (χ0v) is 36.9. The second kappa shape index (κ2) is 21.7. The minimum atomic E-state index is -1.70. The fourth-order valence-corrected chi connectivity index (χ4v) is 9.66. The van der Waals surface area contributed by atoms with Gasteiger partial charge in [-0.1, -0.05) is 181 Å². The fraction of sp³-hybridized carbons (Fsp3) is 0.250. The lowest BCUT2D eigenvalue weighted by Crippen LogP contribution is -2.61. The van der Waals surface area contributed by atoms with E-state index in [2.05, 4.69) is 98.8 Å². The van der Waals surface area contributed by atoms with Crippen LogP contribution in [0.15, 0.2) is 188 Å². The van der Waals surface area contributed by atoms with Crippen LogP contribution < -0.4 is 4.74 Å². The van der Waals surface area contributed by atoms with Crippen LogP contribution >= 0.6 is 11.8 Å². The Morgan fingerprint density at radius 1 is 0.492 bits per heavy atom. The number of rotatable bonds is 19. The molecule has 1 aliphatic heterocycles. The van der Waals surface area contributed by atoms with Gasteiger partial charge in [0.05, 0.1) is 38.3 Å². The molecule has 1 fully saturated rings. The van der Waals surface area contributed by atoms with E-state index in [4.69, 9.17) is 23.7 Å². The van der Waals surface area contributed by atoms with Gasteiger partial charge in [-0.3, -0.25) is 0 Å². The monoisotopic (exact) mass is 856 g/mol. The molecule has 1 N–H and O–H groups in total. The Bertz CT molecular complexity index is 2430. The fourth-order valence-electron chi connectivity index (χ4n) is 8.05. The molecule has 7 aromatic carbocycles. The van der Waals surface area contributed by atoms with Gasteiger partial charge in [0.15, 0.2) is 4.93 Å². The van der Waals surface area contributed by atoms with Crippen LogP contribution in [-0.4, -0.2) is 35.3 Å². The van der Waals surface area contributed by atoms with Crippen molar-refractivity contribution in [3.63, 3.8) is 0 Å². The van der Waals surface area contributed by atoms with Gasteiger partial charge in [0.25, 0.3) is 0 Å². The van der Waals surface area contributed by atoms with E-state index in [-0.39, 0.29) is 19.8 Å². The van der Waals surface area contributed by atoms with Crippen molar-refractivity contribution in [2.75, 3.05) is 6.61 Å². The van der Waals surface area contributed by atoms with E-state index < -0.39 is 28.5 Å². The Labute approximate surface area is 376 Å². The van der Waals surface area contributed by atoms with Gasteiger partial charge in [0.2, 0.25) is 0 Å². The summed E-state index contributed by atoms with van der Waals surface area (Å²) >= 11 is 1.41. The van der Waals surface area contributed by atoms with E-state index in [1.807, 2.05) is 103 Å².